The number of amides is 1. The molecule has 0 bridgehead atoms. The van der Waals surface area contributed by atoms with Crippen LogP contribution in [0.5, 0.6) is 0 Å². The van der Waals surface area contributed by atoms with Crippen molar-refractivity contribution < 1.29 is 9.00 Å². The molecular formula is C14H21ClN2O2S. The molecule has 1 rings (SSSR count). The van der Waals surface area contributed by atoms with Gasteiger partial charge < -0.3 is 11.1 Å². The van der Waals surface area contributed by atoms with Crippen LogP contribution < -0.4 is 11.1 Å². The topological polar surface area (TPSA) is 72.2 Å². The summed E-state index contributed by atoms with van der Waals surface area (Å²) in [4.78, 5) is 12.4. The first-order chi connectivity index (χ1) is 9.32. The van der Waals surface area contributed by atoms with Crippen LogP contribution in [0.4, 0.5) is 5.69 Å². The number of benzene rings is 1. The quantitative estimate of drug-likeness (QED) is 0.792. The van der Waals surface area contributed by atoms with Gasteiger partial charge in [-0.05, 0) is 37.5 Å². The molecule has 20 heavy (non-hydrogen) atoms. The summed E-state index contributed by atoms with van der Waals surface area (Å²) >= 11 is 5.87. The highest BCUT2D eigenvalue weighted by Gasteiger charge is 2.23. The fraction of sp³-hybridized carbons (Fsp3) is 0.500. The second-order valence-electron chi connectivity index (χ2n) is 5.10. The van der Waals surface area contributed by atoms with E-state index in [2.05, 4.69) is 19.2 Å². The van der Waals surface area contributed by atoms with Crippen LogP contribution in [-0.4, -0.2) is 21.9 Å². The molecule has 0 radical (unpaired) electrons. The maximum Gasteiger partial charge on any atom is 0.235 e. The highest BCUT2D eigenvalue weighted by Crippen LogP contribution is 2.23. The number of nitrogen functional groups attached to an aromatic ring is 1. The minimum atomic E-state index is -1.52. The number of halogens is 1. The molecule has 0 aliphatic heterocycles. The molecule has 0 spiro atoms. The predicted octanol–water partition coefficient (Wildman–Crippen LogP) is 2.58. The van der Waals surface area contributed by atoms with Crippen LogP contribution in [0.25, 0.3) is 0 Å². The number of nitrogens with two attached hydrogens (primary N) is 1. The molecule has 0 saturated heterocycles. The average Bonchev–Trinajstić information content (AvgIpc) is 2.39. The lowest BCUT2D eigenvalue weighted by Gasteiger charge is -2.14. The molecule has 2 unspecified atom stereocenters. The number of nitrogens with one attached hydrogen (secondary N) is 1. The molecule has 0 heterocycles. The Bertz CT molecular complexity index is 506. The lowest BCUT2D eigenvalue weighted by Crippen LogP contribution is -2.36. The molecule has 3 N–H and O–H groups in total. The standard InChI is InChI=1S/C14H21ClN2O2S/c1-9(2)6-7-17-14(18)10(3)20(19)13-8-11(15)4-5-12(13)16/h4-5,8-10H,6-7,16H2,1-3H3,(H,17,18). The average molecular weight is 317 g/mol. The van der Waals surface area contributed by atoms with Crippen molar-refractivity contribution in [2.45, 2.75) is 37.3 Å². The number of anilines is 1. The van der Waals surface area contributed by atoms with Gasteiger partial charge in [0.15, 0.2) is 0 Å². The third-order valence-corrected chi connectivity index (χ3v) is 4.78. The molecule has 0 fully saturated rings. The van der Waals surface area contributed by atoms with Crippen molar-refractivity contribution in [2.75, 3.05) is 12.3 Å². The van der Waals surface area contributed by atoms with E-state index in [9.17, 15) is 9.00 Å². The van der Waals surface area contributed by atoms with E-state index in [4.69, 9.17) is 17.3 Å². The van der Waals surface area contributed by atoms with Crippen LogP contribution in [0.1, 0.15) is 27.2 Å². The third kappa shape index (κ3) is 4.80. The maximum atomic E-state index is 12.4. The van der Waals surface area contributed by atoms with Crippen LogP contribution in [0, 0.1) is 5.92 Å². The van der Waals surface area contributed by atoms with Crippen molar-refractivity contribution in [2.24, 2.45) is 5.92 Å². The lowest BCUT2D eigenvalue weighted by atomic mass is 10.1. The van der Waals surface area contributed by atoms with Gasteiger partial charge in [0.2, 0.25) is 5.91 Å². The molecule has 0 aromatic heterocycles. The zero-order chi connectivity index (χ0) is 15.3. The summed E-state index contributed by atoms with van der Waals surface area (Å²) in [5.41, 5.74) is 6.17. The Morgan fingerprint density at radius 2 is 2.05 bits per heavy atom. The number of hydrogen-bond acceptors (Lipinski definition) is 3. The lowest BCUT2D eigenvalue weighted by molar-refractivity contribution is -0.120. The van der Waals surface area contributed by atoms with E-state index in [0.717, 1.165) is 6.42 Å². The smallest absolute Gasteiger partial charge is 0.235 e. The summed E-state index contributed by atoms with van der Waals surface area (Å²) in [5, 5.41) is 2.58. The SMILES string of the molecule is CC(C)CCNC(=O)C(C)S(=O)c1cc(Cl)ccc1N. The van der Waals surface area contributed by atoms with Gasteiger partial charge in [0.1, 0.15) is 5.25 Å². The van der Waals surface area contributed by atoms with E-state index in [1.807, 2.05) is 0 Å². The summed E-state index contributed by atoms with van der Waals surface area (Å²) < 4.78 is 12.4. The highest BCUT2D eigenvalue weighted by atomic mass is 35.5. The Balaban J connectivity index is 2.71. The zero-order valence-corrected chi connectivity index (χ0v) is 13.6. The molecule has 112 valence electrons. The van der Waals surface area contributed by atoms with Gasteiger partial charge in [-0.1, -0.05) is 25.4 Å². The van der Waals surface area contributed by atoms with Gasteiger partial charge in [-0.3, -0.25) is 9.00 Å². The maximum absolute atomic E-state index is 12.4. The first-order valence-corrected chi connectivity index (χ1v) is 8.15. The van der Waals surface area contributed by atoms with Crippen LogP contribution in [-0.2, 0) is 15.6 Å². The van der Waals surface area contributed by atoms with E-state index >= 15 is 0 Å². The first kappa shape index (κ1) is 17.0. The Morgan fingerprint density at radius 3 is 2.65 bits per heavy atom. The van der Waals surface area contributed by atoms with Crippen molar-refractivity contribution in [1.82, 2.24) is 5.32 Å². The van der Waals surface area contributed by atoms with Gasteiger partial charge in [0.05, 0.1) is 15.7 Å². The van der Waals surface area contributed by atoms with Crippen molar-refractivity contribution >= 4 is 34.0 Å². The summed E-state index contributed by atoms with van der Waals surface area (Å²) in [5.74, 6) is 0.281. The molecule has 6 heteroatoms. The van der Waals surface area contributed by atoms with Gasteiger partial charge in [-0.2, -0.15) is 0 Å². The monoisotopic (exact) mass is 316 g/mol. The summed E-state index contributed by atoms with van der Waals surface area (Å²) in [7, 11) is -1.52. The molecule has 0 aliphatic carbocycles. The summed E-state index contributed by atoms with van der Waals surface area (Å²) in [6.07, 6.45) is 0.893. The molecule has 4 nitrogen and oxygen atoms in total. The van der Waals surface area contributed by atoms with Crippen LogP contribution >= 0.6 is 11.6 Å². The van der Waals surface area contributed by atoms with Crippen LogP contribution in [0.15, 0.2) is 23.1 Å². The van der Waals surface area contributed by atoms with E-state index in [1.54, 1.807) is 25.1 Å². The Labute approximate surface area is 127 Å². The number of carbonyl (C=O) groups excluding carboxylic acids is 1. The zero-order valence-electron chi connectivity index (χ0n) is 12.0. The van der Waals surface area contributed by atoms with Gasteiger partial charge in [0.25, 0.3) is 0 Å². The molecule has 0 saturated carbocycles. The normalized spacial score (nSPS) is 14.1. The Hall–Kier alpha value is -1.07. The van der Waals surface area contributed by atoms with Gasteiger partial charge in [-0.25, -0.2) is 0 Å². The number of hydrogen-bond donors (Lipinski definition) is 2. The van der Waals surface area contributed by atoms with Crippen LogP contribution in [0.3, 0.4) is 0 Å². The molecule has 2 atom stereocenters. The fourth-order valence-corrected chi connectivity index (χ4v) is 3.04. The second-order valence-corrected chi connectivity index (χ2v) is 7.27. The van der Waals surface area contributed by atoms with E-state index in [0.29, 0.717) is 28.1 Å². The predicted molar refractivity (Wildman–Crippen MR) is 84.2 cm³/mol. The van der Waals surface area contributed by atoms with E-state index in [-0.39, 0.29) is 5.91 Å². The Morgan fingerprint density at radius 1 is 1.40 bits per heavy atom. The minimum Gasteiger partial charge on any atom is -0.398 e. The van der Waals surface area contributed by atoms with Crippen molar-refractivity contribution in [1.29, 1.82) is 0 Å². The van der Waals surface area contributed by atoms with Crippen molar-refractivity contribution in [3.05, 3.63) is 23.2 Å². The van der Waals surface area contributed by atoms with Crippen LogP contribution in [0.2, 0.25) is 5.02 Å². The Kier molecular flexibility index (Phi) is 6.49. The fourth-order valence-electron chi connectivity index (χ4n) is 1.60. The van der Waals surface area contributed by atoms with Gasteiger partial charge >= 0.3 is 0 Å². The van der Waals surface area contributed by atoms with E-state index < -0.39 is 16.0 Å². The largest absolute Gasteiger partial charge is 0.398 e. The number of carbonyl (C=O) groups is 1. The van der Waals surface area contributed by atoms with Gasteiger partial charge in [-0.15, -0.1) is 0 Å². The van der Waals surface area contributed by atoms with Crippen molar-refractivity contribution in [3.63, 3.8) is 0 Å². The molecular weight excluding hydrogens is 296 g/mol. The molecule has 1 aromatic carbocycles. The first-order valence-electron chi connectivity index (χ1n) is 6.56. The molecule has 0 aliphatic rings. The minimum absolute atomic E-state index is 0.233. The third-order valence-electron chi connectivity index (χ3n) is 2.90. The van der Waals surface area contributed by atoms with E-state index in [1.165, 1.54) is 0 Å². The molecule has 1 aromatic rings. The van der Waals surface area contributed by atoms with Crippen molar-refractivity contribution in [3.8, 4) is 0 Å². The second kappa shape index (κ2) is 7.64. The summed E-state index contributed by atoms with van der Waals surface area (Å²) in [6, 6.07) is 4.77. The van der Waals surface area contributed by atoms with Gasteiger partial charge in [0, 0.05) is 17.3 Å². The number of rotatable bonds is 6. The summed E-state index contributed by atoms with van der Waals surface area (Å²) in [6.45, 7) is 6.38. The molecule has 1 amide bonds. The highest BCUT2D eigenvalue weighted by molar-refractivity contribution is 7.86.